The van der Waals surface area contributed by atoms with Gasteiger partial charge in [-0.05, 0) is 17.7 Å². The Bertz CT molecular complexity index is 469. The molecule has 2 rings (SSSR count). The predicted molar refractivity (Wildman–Crippen MR) is 68.8 cm³/mol. The average molecular weight is 288 g/mol. The van der Waals surface area contributed by atoms with Gasteiger partial charge in [-0.15, -0.1) is 0 Å². The van der Waals surface area contributed by atoms with Gasteiger partial charge in [0.05, 0.1) is 24.2 Å². The minimum absolute atomic E-state index is 0.0729. The minimum atomic E-state index is -0.812. The van der Waals surface area contributed by atoms with Crippen LogP contribution in [0.4, 0.5) is 4.39 Å². The molecule has 0 radical (unpaired) electrons. The molecule has 1 saturated heterocycles. The molecule has 1 heterocycles. The minimum Gasteiger partial charge on any atom is -0.481 e. The van der Waals surface area contributed by atoms with Crippen LogP contribution in [0, 0.1) is 5.82 Å². The molecule has 0 aromatic heterocycles. The average Bonchev–Trinajstić information content (AvgIpc) is 2.40. The number of aliphatic carboxylic acids is 1. The molecule has 1 atom stereocenters. The molecule has 1 fully saturated rings. The maximum absolute atomic E-state index is 13.1. The number of halogens is 2. The molecular formula is C13H15ClFNO3. The maximum Gasteiger partial charge on any atom is 0.304 e. The zero-order valence-corrected chi connectivity index (χ0v) is 11.1. The van der Waals surface area contributed by atoms with Crippen molar-refractivity contribution in [3.05, 3.63) is 34.6 Å². The van der Waals surface area contributed by atoms with Gasteiger partial charge in [0.25, 0.3) is 0 Å². The van der Waals surface area contributed by atoms with Gasteiger partial charge < -0.3 is 9.84 Å². The first-order chi connectivity index (χ1) is 9.06. The number of ether oxygens (including phenoxy) is 1. The molecule has 104 valence electrons. The summed E-state index contributed by atoms with van der Waals surface area (Å²) in [7, 11) is 0. The molecule has 0 saturated carbocycles. The third-order valence-corrected chi connectivity index (χ3v) is 3.40. The molecule has 1 aliphatic rings. The van der Waals surface area contributed by atoms with E-state index in [0.717, 1.165) is 5.56 Å². The van der Waals surface area contributed by atoms with Gasteiger partial charge in [0, 0.05) is 19.6 Å². The lowest BCUT2D eigenvalue weighted by Gasteiger charge is -2.32. The lowest BCUT2D eigenvalue weighted by Crippen LogP contribution is -2.39. The molecule has 6 heteroatoms. The van der Waals surface area contributed by atoms with Gasteiger partial charge in [0.1, 0.15) is 5.82 Å². The molecule has 19 heavy (non-hydrogen) atoms. The number of benzene rings is 1. The van der Waals surface area contributed by atoms with Crippen molar-refractivity contribution in [3.8, 4) is 0 Å². The summed E-state index contributed by atoms with van der Waals surface area (Å²) in [6.07, 6.45) is -0.0858. The SMILES string of the molecule is O=C(O)CCN1CCO[C@@H](c2ccc(F)c(Cl)c2)C1. The summed E-state index contributed by atoms with van der Waals surface area (Å²) in [6.45, 7) is 2.32. The van der Waals surface area contributed by atoms with E-state index in [4.69, 9.17) is 21.4 Å². The van der Waals surface area contributed by atoms with E-state index >= 15 is 0 Å². The van der Waals surface area contributed by atoms with Gasteiger partial charge in [-0.3, -0.25) is 9.69 Å². The highest BCUT2D eigenvalue weighted by Crippen LogP contribution is 2.26. The van der Waals surface area contributed by atoms with Gasteiger partial charge in [-0.25, -0.2) is 4.39 Å². The zero-order chi connectivity index (χ0) is 13.8. The Labute approximate surface area is 115 Å². The first-order valence-corrected chi connectivity index (χ1v) is 6.45. The largest absolute Gasteiger partial charge is 0.481 e. The highest BCUT2D eigenvalue weighted by molar-refractivity contribution is 6.30. The summed E-state index contributed by atoms with van der Waals surface area (Å²) in [5.41, 5.74) is 0.812. The Kier molecular flexibility index (Phi) is 4.74. The maximum atomic E-state index is 13.1. The predicted octanol–water partition coefficient (Wildman–Crippen LogP) is 2.33. The number of carbonyl (C=O) groups is 1. The van der Waals surface area contributed by atoms with Crippen molar-refractivity contribution in [1.82, 2.24) is 4.90 Å². The number of hydrogen-bond acceptors (Lipinski definition) is 3. The van der Waals surface area contributed by atoms with Crippen LogP contribution in [0.15, 0.2) is 18.2 Å². The number of carboxylic acid groups (broad SMARTS) is 1. The standard InChI is InChI=1S/C13H15ClFNO3/c14-10-7-9(1-2-11(10)15)12-8-16(5-6-19-12)4-3-13(17)18/h1-2,7,12H,3-6,8H2,(H,17,18)/t12-/m1/s1. The Balaban J connectivity index is 2.00. The topological polar surface area (TPSA) is 49.8 Å². The van der Waals surface area contributed by atoms with Crippen LogP contribution in [-0.2, 0) is 9.53 Å². The van der Waals surface area contributed by atoms with Gasteiger partial charge in [-0.1, -0.05) is 17.7 Å². The highest BCUT2D eigenvalue weighted by Gasteiger charge is 2.22. The third-order valence-electron chi connectivity index (χ3n) is 3.11. The first-order valence-electron chi connectivity index (χ1n) is 6.07. The summed E-state index contributed by atoms with van der Waals surface area (Å²) < 4.78 is 18.7. The van der Waals surface area contributed by atoms with E-state index in [2.05, 4.69) is 0 Å². The normalized spacial score (nSPS) is 20.4. The van der Waals surface area contributed by atoms with Crippen LogP contribution in [0.25, 0.3) is 0 Å². The van der Waals surface area contributed by atoms with Gasteiger partial charge in [0.15, 0.2) is 0 Å². The number of hydrogen-bond donors (Lipinski definition) is 1. The van der Waals surface area contributed by atoms with Crippen LogP contribution in [0.3, 0.4) is 0 Å². The van der Waals surface area contributed by atoms with Crippen LogP contribution in [-0.4, -0.2) is 42.2 Å². The Morgan fingerprint density at radius 2 is 2.37 bits per heavy atom. The van der Waals surface area contributed by atoms with Crippen molar-refractivity contribution in [2.24, 2.45) is 0 Å². The fourth-order valence-electron chi connectivity index (χ4n) is 2.07. The van der Waals surface area contributed by atoms with Crippen LogP contribution in [0.2, 0.25) is 5.02 Å². The molecule has 1 N–H and O–H groups in total. The fourth-order valence-corrected chi connectivity index (χ4v) is 2.26. The second kappa shape index (κ2) is 6.32. The molecule has 0 aliphatic carbocycles. The number of carboxylic acids is 1. The first kappa shape index (κ1) is 14.2. The van der Waals surface area contributed by atoms with E-state index in [1.165, 1.54) is 6.07 Å². The van der Waals surface area contributed by atoms with E-state index in [1.54, 1.807) is 12.1 Å². The van der Waals surface area contributed by atoms with E-state index in [-0.39, 0.29) is 17.5 Å². The number of rotatable bonds is 4. The van der Waals surface area contributed by atoms with Crippen molar-refractivity contribution in [2.75, 3.05) is 26.2 Å². The lowest BCUT2D eigenvalue weighted by atomic mass is 10.1. The third kappa shape index (κ3) is 3.89. The molecular weight excluding hydrogens is 273 g/mol. The molecule has 1 aromatic rings. The fraction of sp³-hybridized carbons (Fsp3) is 0.462. The smallest absolute Gasteiger partial charge is 0.304 e. The van der Waals surface area contributed by atoms with Crippen molar-refractivity contribution < 1.29 is 19.0 Å². The summed E-state index contributed by atoms with van der Waals surface area (Å²) in [4.78, 5) is 12.6. The second-order valence-corrected chi connectivity index (χ2v) is 4.88. The Morgan fingerprint density at radius 3 is 3.05 bits per heavy atom. The van der Waals surface area contributed by atoms with Crippen molar-refractivity contribution >= 4 is 17.6 Å². The molecule has 4 nitrogen and oxygen atoms in total. The Hall–Kier alpha value is -1.17. The van der Waals surface area contributed by atoms with Crippen molar-refractivity contribution in [1.29, 1.82) is 0 Å². The summed E-state index contributed by atoms with van der Waals surface area (Å²) in [5.74, 6) is -1.27. The lowest BCUT2D eigenvalue weighted by molar-refractivity contribution is -0.137. The Morgan fingerprint density at radius 1 is 1.58 bits per heavy atom. The number of nitrogens with zero attached hydrogens (tertiary/aromatic N) is 1. The van der Waals surface area contributed by atoms with Gasteiger partial charge >= 0.3 is 5.97 Å². The summed E-state index contributed by atoms with van der Waals surface area (Å²) in [6, 6.07) is 4.52. The van der Waals surface area contributed by atoms with Crippen LogP contribution >= 0.6 is 11.6 Å². The van der Waals surface area contributed by atoms with E-state index in [9.17, 15) is 9.18 Å². The van der Waals surface area contributed by atoms with Gasteiger partial charge in [-0.2, -0.15) is 0 Å². The van der Waals surface area contributed by atoms with E-state index in [1.807, 2.05) is 4.90 Å². The second-order valence-electron chi connectivity index (χ2n) is 4.48. The van der Waals surface area contributed by atoms with E-state index < -0.39 is 11.8 Å². The molecule has 0 unspecified atom stereocenters. The molecule has 0 amide bonds. The van der Waals surface area contributed by atoms with Crippen LogP contribution in [0.5, 0.6) is 0 Å². The zero-order valence-electron chi connectivity index (χ0n) is 10.3. The number of morpholine rings is 1. The molecule has 1 aliphatic heterocycles. The van der Waals surface area contributed by atoms with Crippen LogP contribution in [0.1, 0.15) is 18.1 Å². The van der Waals surface area contributed by atoms with E-state index in [0.29, 0.717) is 26.2 Å². The van der Waals surface area contributed by atoms with Crippen LogP contribution < -0.4 is 0 Å². The molecule has 1 aromatic carbocycles. The van der Waals surface area contributed by atoms with Gasteiger partial charge in [0.2, 0.25) is 0 Å². The quantitative estimate of drug-likeness (QED) is 0.923. The van der Waals surface area contributed by atoms with Crippen molar-refractivity contribution in [2.45, 2.75) is 12.5 Å². The monoisotopic (exact) mass is 287 g/mol. The highest BCUT2D eigenvalue weighted by atomic mass is 35.5. The molecule has 0 spiro atoms. The molecule has 0 bridgehead atoms. The summed E-state index contributed by atoms with van der Waals surface area (Å²) >= 11 is 5.75. The summed E-state index contributed by atoms with van der Waals surface area (Å²) in [5, 5.41) is 8.75. The van der Waals surface area contributed by atoms with Crippen molar-refractivity contribution in [3.63, 3.8) is 0 Å².